The van der Waals surface area contributed by atoms with Crippen molar-refractivity contribution in [1.29, 1.82) is 0 Å². The average Bonchev–Trinajstić information content (AvgIpc) is 3.12. The molecule has 1 N–H and O–H groups in total. The lowest BCUT2D eigenvalue weighted by Gasteiger charge is -2.31. The van der Waals surface area contributed by atoms with Crippen LogP contribution in [0.15, 0.2) is 42.6 Å². The molecule has 0 radical (unpaired) electrons. The molecule has 2 aromatic heterocycles. The van der Waals surface area contributed by atoms with Crippen LogP contribution in [0.25, 0.3) is 10.9 Å². The fourth-order valence-electron chi connectivity index (χ4n) is 3.63. The van der Waals surface area contributed by atoms with Gasteiger partial charge in [-0.2, -0.15) is 5.10 Å². The number of nitrogens with one attached hydrogen (secondary N) is 1. The zero-order valence-corrected chi connectivity index (χ0v) is 18.3. The van der Waals surface area contributed by atoms with Gasteiger partial charge in [-0.1, -0.05) is 18.2 Å². The summed E-state index contributed by atoms with van der Waals surface area (Å²) in [7, 11) is -1.50. The molecule has 1 saturated heterocycles. The van der Waals surface area contributed by atoms with Crippen molar-refractivity contribution in [3.8, 4) is 5.88 Å². The Morgan fingerprint density at radius 2 is 1.94 bits per heavy atom. The number of ether oxygens (including phenoxy) is 1. The van der Waals surface area contributed by atoms with E-state index in [4.69, 9.17) is 4.74 Å². The highest BCUT2D eigenvalue weighted by atomic mass is 32.2. The Hall–Kier alpha value is -3.14. The van der Waals surface area contributed by atoms with E-state index in [1.807, 2.05) is 36.2 Å². The zero-order valence-electron chi connectivity index (χ0n) is 17.5. The average molecular weight is 444 g/mol. The number of carbonyl (C=O) groups is 1. The van der Waals surface area contributed by atoms with E-state index in [1.165, 1.54) is 6.20 Å². The third kappa shape index (κ3) is 4.63. The van der Waals surface area contributed by atoms with Crippen molar-refractivity contribution >= 4 is 32.5 Å². The molecule has 4 rings (SSSR count). The SMILES string of the molecule is CCS(=O)(=O)Nc1ccc(OC2CCN(C(=O)c3nn(C)c4ccccc34)CC2)nc1. The third-order valence-electron chi connectivity index (χ3n) is 5.37. The molecule has 164 valence electrons. The molecule has 0 saturated carbocycles. The van der Waals surface area contributed by atoms with Crippen LogP contribution in [0.1, 0.15) is 30.3 Å². The number of rotatable bonds is 6. The molecule has 0 atom stereocenters. The van der Waals surface area contributed by atoms with Gasteiger partial charge in [-0.3, -0.25) is 14.2 Å². The summed E-state index contributed by atoms with van der Waals surface area (Å²) in [5.74, 6) is 0.359. The minimum atomic E-state index is -3.34. The van der Waals surface area contributed by atoms with Gasteiger partial charge in [-0.15, -0.1) is 0 Å². The zero-order chi connectivity index (χ0) is 22.0. The number of para-hydroxylation sites is 1. The molecule has 0 bridgehead atoms. The molecule has 31 heavy (non-hydrogen) atoms. The quantitative estimate of drug-likeness (QED) is 0.627. The van der Waals surface area contributed by atoms with Crippen LogP contribution in [0.5, 0.6) is 5.88 Å². The largest absolute Gasteiger partial charge is 0.474 e. The Labute approximate surface area is 181 Å². The highest BCUT2D eigenvalue weighted by Gasteiger charge is 2.27. The van der Waals surface area contributed by atoms with E-state index >= 15 is 0 Å². The number of aryl methyl sites for hydroxylation is 1. The second-order valence-electron chi connectivity index (χ2n) is 7.49. The molecule has 1 amide bonds. The van der Waals surface area contributed by atoms with Gasteiger partial charge in [0.25, 0.3) is 5.91 Å². The number of hydrogen-bond donors (Lipinski definition) is 1. The van der Waals surface area contributed by atoms with E-state index in [2.05, 4.69) is 14.8 Å². The van der Waals surface area contributed by atoms with Gasteiger partial charge in [-0.05, 0) is 19.1 Å². The van der Waals surface area contributed by atoms with Crippen molar-refractivity contribution in [1.82, 2.24) is 19.7 Å². The summed E-state index contributed by atoms with van der Waals surface area (Å²) in [4.78, 5) is 19.0. The number of pyridine rings is 1. The minimum absolute atomic E-state index is 0.00313. The number of amides is 1. The number of piperidine rings is 1. The highest BCUT2D eigenvalue weighted by Crippen LogP contribution is 2.23. The summed E-state index contributed by atoms with van der Waals surface area (Å²) >= 11 is 0. The predicted octanol–water partition coefficient (Wildman–Crippen LogP) is 2.41. The van der Waals surface area contributed by atoms with Gasteiger partial charge in [-0.25, -0.2) is 13.4 Å². The maximum Gasteiger partial charge on any atom is 0.275 e. The van der Waals surface area contributed by atoms with Crippen molar-refractivity contribution in [2.24, 2.45) is 7.05 Å². The monoisotopic (exact) mass is 443 g/mol. The Bertz CT molecular complexity index is 1180. The van der Waals surface area contributed by atoms with Crippen molar-refractivity contribution in [2.75, 3.05) is 23.6 Å². The first-order valence-corrected chi connectivity index (χ1v) is 11.9. The maximum atomic E-state index is 13.0. The molecular weight excluding hydrogens is 418 g/mol. The predicted molar refractivity (Wildman–Crippen MR) is 118 cm³/mol. The smallest absolute Gasteiger partial charge is 0.275 e. The summed E-state index contributed by atoms with van der Waals surface area (Å²) in [6, 6.07) is 11.0. The van der Waals surface area contributed by atoms with Gasteiger partial charge < -0.3 is 9.64 Å². The summed E-state index contributed by atoms with van der Waals surface area (Å²) in [6.07, 6.45) is 2.74. The molecule has 1 fully saturated rings. The van der Waals surface area contributed by atoms with Crippen LogP contribution >= 0.6 is 0 Å². The third-order valence-corrected chi connectivity index (χ3v) is 6.67. The van der Waals surface area contributed by atoms with Crippen molar-refractivity contribution in [3.05, 3.63) is 48.3 Å². The Morgan fingerprint density at radius 1 is 1.19 bits per heavy atom. The summed E-state index contributed by atoms with van der Waals surface area (Å²) in [5.41, 5.74) is 1.81. The number of aromatic nitrogens is 3. The second-order valence-corrected chi connectivity index (χ2v) is 9.50. The number of hydrogen-bond acceptors (Lipinski definition) is 6. The van der Waals surface area contributed by atoms with E-state index in [9.17, 15) is 13.2 Å². The first kappa shape index (κ1) is 21.1. The fourth-order valence-corrected chi connectivity index (χ4v) is 4.26. The number of carbonyl (C=O) groups excluding carboxylic acids is 1. The topological polar surface area (TPSA) is 106 Å². The van der Waals surface area contributed by atoms with Crippen LogP contribution in [0, 0.1) is 0 Å². The lowest BCUT2D eigenvalue weighted by atomic mass is 10.1. The molecule has 0 unspecified atom stereocenters. The van der Waals surface area contributed by atoms with Crippen LogP contribution < -0.4 is 9.46 Å². The molecule has 9 nitrogen and oxygen atoms in total. The van der Waals surface area contributed by atoms with Gasteiger partial charge >= 0.3 is 0 Å². The molecule has 3 heterocycles. The highest BCUT2D eigenvalue weighted by molar-refractivity contribution is 7.92. The van der Waals surface area contributed by atoms with Crippen LogP contribution in [0.4, 0.5) is 5.69 Å². The number of nitrogens with zero attached hydrogens (tertiary/aromatic N) is 4. The molecule has 1 aliphatic rings. The van der Waals surface area contributed by atoms with Gasteiger partial charge in [0.2, 0.25) is 15.9 Å². The Kier molecular flexibility index (Phi) is 5.81. The van der Waals surface area contributed by atoms with E-state index < -0.39 is 10.0 Å². The van der Waals surface area contributed by atoms with Crippen LogP contribution in [-0.4, -0.2) is 58.9 Å². The minimum Gasteiger partial charge on any atom is -0.474 e. The van der Waals surface area contributed by atoms with Gasteiger partial charge in [0, 0.05) is 44.4 Å². The molecule has 10 heteroatoms. The van der Waals surface area contributed by atoms with Crippen molar-refractivity contribution in [3.63, 3.8) is 0 Å². The molecule has 3 aromatic rings. The summed E-state index contributed by atoms with van der Waals surface area (Å²) in [5, 5.41) is 5.28. The number of anilines is 1. The van der Waals surface area contributed by atoms with Crippen LogP contribution in [0.3, 0.4) is 0 Å². The molecular formula is C21H25N5O4S. The molecule has 1 aromatic carbocycles. The first-order chi connectivity index (χ1) is 14.9. The lowest BCUT2D eigenvalue weighted by molar-refractivity contribution is 0.0583. The first-order valence-electron chi connectivity index (χ1n) is 10.2. The van der Waals surface area contributed by atoms with Crippen LogP contribution in [0.2, 0.25) is 0 Å². The van der Waals surface area contributed by atoms with Gasteiger partial charge in [0.15, 0.2) is 5.69 Å². The summed E-state index contributed by atoms with van der Waals surface area (Å²) < 4.78 is 33.4. The van der Waals surface area contributed by atoms with E-state index in [1.54, 1.807) is 23.7 Å². The number of fused-ring (bicyclic) bond motifs is 1. The number of sulfonamides is 1. The van der Waals surface area contributed by atoms with Crippen molar-refractivity contribution < 1.29 is 17.9 Å². The Balaban J connectivity index is 1.35. The second kappa shape index (κ2) is 8.54. The van der Waals surface area contributed by atoms with Gasteiger partial charge in [0.1, 0.15) is 6.10 Å². The standard InChI is InChI=1S/C21H25N5O4S/c1-3-31(28,29)24-15-8-9-19(22-14-15)30-16-10-12-26(13-11-16)21(27)20-17-6-4-5-7-18(17)25(2)23-20/h4-9,14,16,24H,3,10-13H2,1-2H3. The van der Waals surface area contributed by atoms with E-state index in [0.29, 0.717) is 43.2 Å². The molecule has 0 aliphatic carbocycles. The van der Waals surface area contributed by atoms with Crippen LogP contribution in [-0.2, 0) is 17.1 Å². The normalized spacial score (nSPS) is 15.2. The van der Waals surface area contributed by atoms with E-state index in [0.717, 1.165) is 10.9 Å². The lowest BCUT2D eigenvalue weighted by Crippen LogP contribution is -2.42. The van der Waals surface area contributed by atoms with E-state index in [-0.39, 0.29) is 17.8 Å². The molecule has 0 spiro atoms. The maximum absolute atomic E-state index is 13.0. The fraction of sp³-hybridized carbons (Fsp3) is 0.381. The van der Waals surface area contributed by atoms with Gasteiger partial charge in [0.05, 0.1) is 23.2 Å². The van der Waals surface area contributed by atoms with Crippen molar-refractivity contribution in [2.45, 2.75) is 25.9 Å². The molecule has 1 aliphatic heterocycles. The number of benzene rings is 1. The summed E-state index contributed by atoms with van der Waals surface area (Å²) in [6.45, 7) is 2.71. The Morgan fingerprint density at radius 3 is 2.61 bits per heavy atom. The number of likely N-dealkylation sites (tertiary alicyclic amines) is 1.